The minimum absolute atomic E-state index is 0.0813. The van der Waals surface area contributed by atoms with Crippen LogP contribution in [-0.2, 0) is 14.4 Å². The summed E-state index contributed by atoms with van der Waals surface area (Å²) in [6.45, 7) is 0.184. The number of nitrogens with zero attached hydrogens (tertiary/aromatic N) is 1. The third-order valence-electron chi connectivity index (χ3n) is 4.55. The first kappa shape index (κ1) is 14.8. The van der Waals surface area contributed by atoms with Crippen LogP contribution in [0.5, 0.6) is 0 Å². The molecule has 0 aromatic heterocycles. The molecule has 0 bridgehead atoms. The quantitative estimate of drug-likeness (QED) is 0.867. The molecular weight excluding hydrogens is 280 g/mol. The summed E-state index contributed by atoms with van der Waals surface area (Å²) in [7, 11) is 0. The fraction of sp³-hybridized carbons (Fsp3) is 0.471. The Morgan fingerprint density at radius 2 is 1.64 bits per heavy atom. The van der Waals surface area contributed by atoms with Crippen LogP contribution in [0.25, 0.3) is 0 Å². The highest BCUT2D eigenvalue weighted by Crippen LogP contribution is 2.37. The van der Waals surface area contributed by atoms with E-state index in [4.69, 9.17) is 0 Å². The van der Waals surface area contributed by atoms with Gasteiger partial charge >= 0.3 is 0 Å². The normalized spacial score (nSPS) is 24.3. The minimum atomic E-state index is -0.179. The largest absolute Gasteiger partial charge is 0.326 e. The van der Waals surface area contributed by atoms with Gasteiger partial charge in [-0.25, -0.2) is 0 Å². The molecule has 1 N–H and O–H groups in total. The highest BCUT2D eigenvalue weighted by molar-refractivity contribution is 6.05. The van der Waals surface area contributed by atoms with E-state index in [-0.39, 0.29) is 42.5 Å². The van der Waals surface area contributed by atoms with Gasteiger partial charge in [0.05, 0.1) is 11.8 Å². The van der Waals surface area contributed by atoms with E-state index in [0.29, 0.717) is 0 Å². The van der Waals surface area contributed by atoms with Crippen molar-refractivity contribution in [1.29, 1.82) is 0 Å². The zero-order valence-corrected chi connectivity index (χ0v) is 12.5. The summed E-state index contributed by atoms with van der Waals surface area (Å²) in [5.74, 6) is -0.622. The lowest BCUT2D eigenvalue weighted by Gasteiger charge is -2.19. The minimum Gasteiger partial charge on any atom is -0.326 e. The molecule has 1 aromatic carbocycles. The van der Waals surface area contributed by atoms with E-state index in [9.17, 15) is 14.4 Å². The van der Waals surface area contributed by atoms with Gasteiger partial charge in [0.15, 0.2) is 0 Å². The number of para-hydroxylation sites is 1. The first-order valence-electron chi connectivity index (χ1n) is 7.87. The highest BCUT2D eigenvalue weighted by Gasteiger charge is 2.47. The molecule has 2 fully saturated rings. The lowest BCUT2D eigenvalue weighted by molar-refractivity contribution is -0.140. The highest BCUT2D eigenvalue weighted by atomic mass is 16.2. The first-order chi connectivity index (χ1) is 10.7. The molecule has 2 aliphatic rings. The first-order valence-corrected chi connectivity index (χ1v) is 7.87. The second kappa shape index (κ2) is 6.30. The Morgan fingerprint density at radius 3 is 2.23 bits per heavy atom. The van der Waals surface area contributed by atoms with Crippen molar-refractivity contribution in [2.24, 2.45) is 11.8 Å². The van der Waals surface area contributed by atoms with Crippen molar-refractivity contribution in [3.8, 4) is 0 Å². The fourth-order valence-electron chi connectivity index (χ4n) is 3.41. The Labute approximate surface area is 129 Å². The number of likely N-dealkylation sites (tertiary alicyclic amines) is 1. The van der Waals surface area contributed by atoms with E-state index >= 15 is 0 Å². The van der Waals surface area contributed by atoms with Crippen LogP contribution < -0.4 is 5.32 Å². The van der Waals surface area contributed by atoms with Crippen LogP contribution in [0.4, 0.5) is 5.69 Å². The van der Waals surface area contributed by atoms with Crippen LogP contribution in [0, 0.1) is 11.8 Å². The van der Waals surface area contributed by atoms with Crippen molar-refractivity contribution in [1.82, 2.24) is 4.90 Å². The SMILES string of the molecule is O=C(CCN1C(=O)[C@H]2CCCC[C@H]2C1=O)Nc1ccccc1. The van der Waals surface area contributed by atoms with Crippen LogP contribution in [0.1, 0.15) is 32.1 Å². The molecule has 22 heavy (non-hydrogen) atoms. The van der Waals surface area contributed by atoms with Gasteiger partial charge in [-0.1, -0.05) is 31.0 Å². The Kier molecular flexibility index (Phi) is 4.22. The van der Waals surface area contributed by atoms with Crippen LogP contribution in [0.2, 0.25) is 0 Å². The molecule has 1 aliphatic heterocycles. The molecule has 2 atom stereocenters. The van der Waals surface area contributed by atoms with Crippen molar-refractivity contribution in [2.75, 3.05) is 11.9 Å². The van der Waals surface area contributed by atoms with Gasteiger partial charge in [-0.2, -0.15) is 0 Å². The van der Waals surface area contributed by atoms with Crippen molar-refractivity contribution >= 4 is 23.4 Å². The molecule has 0 spiro atoms. The van der Waals surface area contributed by atoms with Gasteiger partial charge in [-0.3, -0.25) is 19.3 Å². The number of fused-ring (bicyclic) bond motifs is 1. The van der Waals surface area contributed by atoms with Crippen molar-refractivity contribution in [2.45, 2.75) is 32.1 Å². The van der Waals surface area contributed by atoms with Gasteiger partial charge < -0.3 is 5.32 Å². The summed E-state index contributed by atoms with van der Waals surface area (Å²) < 4.78 is 0. The van der Waals surface area contributed by atoms with Gasteiger partial charge in [0.25, 0.3) is 0 Å². The number of carbonyl (C=O) groups is 3. The third kappa shape index (κ3) is 2.89. The van der Waals surface area contributed by atoms with E-state index in [1.54, 1.807) is 12.1 Å². The number of rotatable bonds is 4. The van der Waals surface area contributed by atoms with E-state index in [2.05, 4.69) is 5.32 Å². The molecule has 1 heterocycles. The standard InChI is InChI=1S/C17H20N2O3/c20-15(18-12-6-2-1-3-7-12)10-11-19-16(21)13-8-4-5-9-14(13)17(19)22/h1-3,6-7,13-14H,4-5,8-11H2,(H,18,20)/t13-,14+. The van der Waals surface area contributed by atoms with E-state index in [1.165, 1.54) is 4.90 Å². The summed E-state index contributed by atoms with van der Waals surface area (Å²) in [6.07, 6.45) is 3.79. The summed E-state index contributed by atoms with van der Waals surface area (Å²) in [5, 5.41) is 2.77. The summed E-state index contributed by atoms with van der Waals surface area (Å²) >= 11 is 0. The Hall–Kier alpha value is -2.17. The molecule has 0 radical (unpaired) electrons. The maximum atomic E-state index is 12.3. The fourth-order valence-corrected chi connectivity index (χ4v) is 3.41. The topological polar surface area (TPSA) is 66.5 Å². The molecular formula is C17H20N2O3. The monoisotopic (exact) mass is 300 g/mol. The number of amides is 3. The molecule has 1 aliphatic carbocycles. The van der Waals surface area contributed by atoms with Crippen molar-refractivity contribution in [3.05, 3.63) is 30.3 Å². The molecule has 5 heteroatoms. The second-order valence-corrected chi connectivity index (χ2v) is 5.99. The number of imide groups is 1. The maximum Gasteiger partial charge on any atom is 0.233 e. The average molecular weight is 300 g/mol. The molecule has 1 saturated carbocycles. The smallest absolute Gasteiger partial charge is 0.233 e. The lowest BCUT2D eigenvalue weighted by Crippen LogP contribution is -2.34. The zero-order valence-electron chi connectivity index (χ0n) is 12.5. The average Bonchev–Trinajstić information content (AvgIpc) is 2.78. The Balaban J connectivity index is 1.56. The van der Waals surface area contributed by atoms with Gasteiger partial charge in [0, 0.05) is 18.7 Å². The van der Waals surface area contributed by atoms with E-state index < -0.39 is 0 Å². The van der Waals surface area contributed by atoms with E-state index in [1.807, 2.05) is 18.2 Å². The zero-order chi connectivity index (χ0) is 15.5. The molecule has 0 unspecified atom stereocenters. The molecule has 3 rings (SSSR count). The number of nitrogens with one attached hydrogen (secondary N) is 1. The molecule has 1 saturated heterocycles. The van der Waals surface area contributed by atoms with Crippen LogP contribution in [-0.4, -0.2) is 29.2 Å². The molecule has 3 amide bonds. The maximum absolute atomic E-state index is 12.3. The van der Waals surface area contributed by atoms with Crippen molar-refractivity contribution in [3.63, 3.8) is 0 Å². The Bertz CT molecular complexity index is 561. The van der Waals surface area contributed by atoms with Gasteiger partial charge in [0.2, 0.25) is 17.7 Å². The predicted molar refractivity (Wildman–Crippen MR) is 81.9 cm³/mol. The van der Waals surface area contributed by atoms with Crippen LogP contribution in [0.3, 0.4) is 0 Å². The predicted octanol–water partition coefficient (Wildman–Crippen LogP) is 2.19. The second-order valence-electron chi connectivity index (χ2n) is 5.99. The summed E-state index contributed by atoms with van der Waals surface area (Å²) in [6, 6.07) is 9.16. The van der Waals surface area contributed by atoms with Crippen LogP contribution >= 0.6 is 0 Å². The molecule has 5 nitrogen and oxygen atoms in total. The number of benzene rings is 1. The molecule has 116 valence electrons. The molecule has 1 aromatic rings. The number of hydrogen-bond acceptors (Lipinski definition) is 3. The number of hydrogen-bond donors (Lipinski definition) is 1. The van der Waals surface area contributed by atoms with Gasteiger partial charge in [0.1, 0.15) is 0 Å². The third-order valence-corrected chi connectivity index (χ3v) is 4.55. The van der Waals surface area contributed by atoms with Crippen LogP contribution in [0.15, 0.2) is 30.3 Å². The number of carbonyl (C=O) groups excluding carboxylic acids is 3. The summed E-state index contributed by atoms with van der Waals surface area (Å²) in [4.78, 5) is 37.8. The van der Waals surface area contributed by atoms with Gasteiger partial charge in [-0.05, 0) is 25.0 Å². The summed E-state index contributed by atoms with van der Waals surface area (Å²) in [5.41, 5.74) is 0.722. The Morgan fingerprint density at radius 1 is 1.05 bits per heavy atom. The lowest BCUT2D eigenvalue weighted by atomic mass is 9.81. The van der Waals surface area contributed by atoms with Gasteiger partial charge in [-0.15, -0.1) is 0 Å². The number of anilines is 1. The van der Waals surface area contributed by atoms with Crippen molar-refractivity contribution < 1.29 is 14.4 Å². The van der Waals surface area contributed by atoms with E-state index in [0.717, 1.165) is 31.4 Å².